The van der Waals surface area contributed by atoms with Crippen molar-refractivity contribution in [2.75, 3.05) is 12.4 Å². The molecular weight excluding hydrogens is 222 g/mol. The minimum atomic E-state index is 0.735. The third-order valence-electron chi connectivity index (χ3n) is 2.34. The van der Waals surface area contributed by atoms with E-state index in [1.807, 2.05) is 18.2 Å². The van der Waals surface area contributed by atoms with Gasteiger partial charge in [-0.3, -0.25) is 0 Å². The molecule has 4 heteroatoms. The number of benzene rings is 1. The quantitative estimate of drug-likeness (QED) is 0.812. The number of rotatable bonds is 5. The summed E-state index contributed by atoms with van der Waals surface area (Å²) < 4.78 is 10.8. The second kappa shape index (κ2) is 5.25. The highest BCUT2D eigenvalue weighted by molar-refractivity contribution is 7.80. The lowest BCUT2D eigenvalue weighted by atomic mass is 10.2. The molecule has 0 atom stereocenters. The van der Waals surface area contributed by atoms with Crippen molar-refractivity contribution in [2.45, 2.75) is 19.8 Å². The zero-order valence-electron chi connectivity index (χ0n) is 9.27. The lowest BCUT2D eigenvalue weighted by Crippen LogP contribution is -1.94. The Balaban J connectivity index is 2.30. The van der Waals surface area contributed by atoms with Gasteiger partial charge in [-0.15, -0.1) is 0 Å². The molecule has 0 saturated heterocycles. The second-order valence-corrected chi connectivity index (χ2v) is 4.06. The van der Waals surface area contributed by atoms with Gasteiger partial charge in [-0.05, 0) is 30.4 Å². The molecule has 1 heterocycles. The van der Waals surface area contributed by atoms with Crippen LogP contribution in [0, 0.1) is 0 Å². The van der Waals surface area contributed by atoms with Crippen molar-refractivity contribution in [3.63, 3.8) is 0 Å². The Kier molecular flexibility index (Phi) is 3.72. The van der Waals surface area contributed by atoms with E-state index in [1.165, 1.54) is 0 Å². The Hall–Kier alpha value is -1.16. The molecule has 0 saturated carbocycles. The normalized spacial score (nSPS) is 10.9. The highest BCUT2D eigenvalue weighted by Crippen LogP contribution is 2.24. The molecule has 2 aromatic rings. The van der Waals surface area contributed by atoms with E-state index in [0.717, 1.165) is 47.6 Å². The number of hydrogen-bond acceptors (Lipinski definition) is 4. The summed E-state index contributed by atoms with van der Waals surface area (Å²) in [7, 11) is 0. The van der Waals surface area contributed by atoms with E-state index >= 15 is 0 Å². The van der Waals surface area contributed by atoms with Crippen molar-refractivity contribution in [2.24, 2.45) is 0 Å². The third-order valence-corrected chi connectivity index (χ3v) is 2.56. The number of nitrogens with zero attached hydrogens (tertiary/aromatic N) is 1. The van der Waals surface area contributed by atoms with E-state index in [-0.39, 0.29) is 0 Å². The predicted molar refractivity (Wildman–Crippen MR) is 67.4 cm³/mol. The van der Waals surface area contributed by atoms with Gasteiger partial charge in [0.15, 0.2) is 5.58 Å². The van der Waals surface area contributed by atoms with Gasteiger partial charge in [-0.1, -0.05) is 12.1 Å². The number of fused-ring (bicyclic) bond motifs is 1. The van der Waals surface area contributed by atoms with E-state index in [2.05, 4.69) is 24.7 Å². The molecule has 0 radical (unpaired) electrons. The summed E-state index contributed by atoms with van der Waals surface area (Å²) in [6, 6.07) is 5.79. The lowest BCUT2D eigenvalue weighted by molar-refractivity contribution is 0.318. The average molecular weight is 237 g/mol. The third kappa shape index (κ3) is 2.32. The maximum atomic E-state index is 5.58. The number of aryl methyl sites for hydroxylation is 1. The molecule has 16 heavy (non-hydrogen) atoms. The zero-order chi connectivity index (χ0) is 11.4. The predicted octanol–water partition coefficient (Wildman–Crippen LogP) is 3.09. The number of aromatic nitrogens is 1. The fraction of sp³-hybridized carbons (Fsp3) is 0.417. The summed E-state index contributed by atoms with van der Waals surface area (Å²) in [5, 5.41) is 5.06. The van der Waals surface area contributed by atoms with Gasteiger partial charge in [0.25, 0.3) is 0 Å². The first kappa shape index (κ1) is 11.3. The van der Waals surface area contributed by atoms with Crippen LogP contribution in [-0.4, -0.2) is 17.5 Å². The molecule has 0 spiro atoms. The SMILES string of the molecule is CCCOc1ccc2onc(CCS)c2c1. The van der Waals surface area contributed by atoms with Crippen LogP contribution in [0.4, 0.5) is 0 Å². The van der Waals surface area contributed by atoms with Crippen molar-refractivity contribution in [1.82, 2.24) is 5.16 Å². The Labute approximate surface area is 100 Å². The fourth-order valence-electron chi connectivity index (χ4n) is 1.56. The number of thiol groups is 1. The van der Waals surface area contributed by atoms with Crippen LogP contribution in [-0.2, 0) is 6.42 Å². The lowest BCUT2D eigenvalue weighted by Gasteiger charge is -2.03. The minimum absolute atomic E-state index is 0.735. The van der Waals surface area contributed by atoms with E-state index in [4.69, 9.17) is 9.26 Å². The summed E-state index contributed by atoms with van der Waals surface area (Å²) in [5.41, 5.74) is 1.76. The molecule has 0 aliphatic heterocycles. The average Bonchev–Trinajstić information content (AvgIpc) is 2.70. The molecule has 0 aliphatic rings. The first-order valence-electron chi connectivity index (χ1n) is 5.47. The molecule has 0 N–H and O–H groups in total. The van der Waals surface area contributed by atoms with Gasteiger partial charge in [0.05, 0.1) is 12.3 Å². The van der Waals surface area contributed by atoms with Crippen LogP contribution < -0.4 is 4.74 Å². The molecule has 86 valence electrons. The van der Waals surface area contributed by atoms with Crippen LogP contribution in [0.3, 0.4) is 0 Å². The number of hydrogen-bond donors (Lipinski definition) is 1. The van der Waals surface area contributed by atoms with E-state index in [0.29, 0.717) is 0 Å². The van der Waals surface area contributed by atoms with Crippen molar-refractivity contribution in [3.8, 4) is 5.75 Å². The van der Waals surface area contributed by atoms with Crippen molar-refractivity contribution < 1.29 is 9.26 Å². The topological polar surface area (TPSA) is 35.3 Å². The Morgan fingerprint density at radius 2 is 2.31 bits per heavy atom. The summed E-state index contributed by atoms with van der Waals surface area (Å²) >= 11 is 4.20. The van der Waals surface area contributed by atoms with Gasteiger partial charge >= 0.3 is 0 Å². The van der Waals surface area contributed by atoms with Crippen molar-refractivity contribution in [3.05, 3.63) is 23.9 Å². The molecule has 3 nitrogen and oxygen atoms in total. The molecule has 1 aromatic carbocycles. The van der Waals surface area contributed by atoms with E-state index in [9.17, 15) is 0 Å². The molecular formula is C12H15NO2S. The first-order valence-corrected chi connectivity index (χ1v) is 6.10. The minimum Gasteiger partial charge on any atom is -0.494 e. The zero-order valence-corrected chi connectivity index (χ0v) is 10.2. The fourth-order valence-corrected chi connectivity index (χ4v) is 1.78. The number of ether oxygens (including phenoxy) is 1. The largest absolute Gasteiger partial charge is 0.494 e. The van der Waals surface area contributed by atoms with Crippen LogP contribution in [0.15, 0.2) is 22.7 Å². The molecule has 0 bridgehead atoms. The van der Waals surface area contributed by atoms with Crippen LogP contribution in [0.2, 0.25) is 0 Å². The van der Waals surface area contributed by atoms with Gasteiger partial charge in [0.2, 0.25) is 0 Å². The molecule has 2 rings (SSSR count). The van der Waals surface area contributed by atoms with Gasteiger partial charge in [-0.25, -0.2) is 0 Å². The van der Waals surface area contributed by atoms with Crippen molar-refractivity contribution >= 4 is 23.6 Å². The van der Waals surface area contributed by atoms with Gasteiger partial charge < -0.3 is 9.26 Å². The maximum Gasteiger partial charge on any atom is 0.167 e. The summed E-state index contributed by atoms with van der Waals surface area (Å²) in [6.45, 7) is 2.82. The molecule has 0 fully saturated rings. The molecule has 0 amide bonds. The van der Waals surface area contributed by atoms with Crippen LogP contribution >= 0.6 is 12.6 Å². The van der Waals surface area contributed by atoms with Crippen molar-refractivity contribution in [1.29, 1.82) is 0 Å². The molecule has 0 unspecified atom stereocenters. The van der Waals surface area contributed by atoms with Crippen LogP contribution in [0.25, 0.3) is 11.0 Å². The van der Waals surface area contributed by atoms with Gasteiger partial charge in [0, 0.05) is 11.8 Å². The Bertz CT molecular complexity index is 467. The smallest absolute Gasteiger partial charge is 0.167 e. The van der Waals surface area contributed by atoms with Crippen LogP contribution in [0.1, 0.15) is 19.0 Å². The Morgan fingerprint density at radius 3 is 3.06 bits per heavy atom. The second-order valence-electron chi connectivity index (χ2n) is 3.61. The maximum absolute atomic E-state index is 5.58. The van der Waals surface area contributed by atoms with E-state index < -0.39 is 0 Å². The van der Waals surface area contributed by atoms with Crippen LogP contribution in [0.5, 0.6) is 5.75 Å². The van der Waals surface area contributed by atoms with E-state index in [1.54, 1.807) is 0 Å². The Morgan fingerprint density at radius 1 is 1.44 bits per heavy atom. The monoisotopic (exact) mass is 237 g/mol. The summed E-state index contributed by atoms with van der Waals surface area (Å²) in [6.07, 6.45) is 1.82. The van der Waals surface area contributed by atoms with Gasteiger partial charge in [-0.2, -0.15) is 12.6 Å². The summed E-state index contributed by atoms with van der Waals surface area (Å²) in [4.78, 5) is 0. The highest BCUT2D eigenvalue weighted by atomic mass is 32.1. The molecule has 1 aromatic heterocycles. The standard InChI is InChI=1S/C12H15NO2S/c1-2-6-14-9-3-4-12-10(8-9)11(5-7-16)13-15-12/h3-4,8,16H,2,5-7H2,1H3. The highest BCUT2D eigenvalue weighted by Gasteiger charge is 2.08. The summed E-state index contributed by atoms with van der Waals surface area (Å²) in [5.74, 6) is 1.64. The van der Waals surface area contributed by atoms with Gasteiger partial charge in [0.1, 0.15) is 5.75 Å². The first-order chi connectivity index (χ1) is 7.85. The molecule has 0 aliphatic carbocycles.